The van der Waals surface area contributed by atoms with Gasteiger partial charge in [-0.1, -0.05) is 53.0 Å². The van der Waals surface area contributed by atoms with E-state index < -0.39 is 0 Å². The van der Waals surface area contributed by atoms with Gasteiger partial charge in [0.05, 0.1) is 23.2 Å². The molecular formula is C29H27BrN4O3S. The van der Waals surface area contributed by atoms with Crippen LogP contribution >= 0.6 is 27.7 Å². The van der Waals surface area contributed by atoms with Crippen LogP contribution in [0, 0.1) is 0 Å². The fourth-order valence-electron chi connectivity index (χ4n) is 5.30. The first-order valence-electron chi connectivity index (χ1n) is 12.8. The summed E-state index contributed by atoms with van der Waals surface area (Å²) in [5, 5.41) is 4.52. The maximum absolute atomic E-state index is 14.1. The molecule has 9 heteroatoms. The number of fused-ring (bicyclic) bond motifs is 3. The normalized spacial score (nSPS) is 14.4. The van der Waals surface area contributed by atoms with Gasteiger partial charge >= 0.3 is 0 Å². The van der Waals surface area contributed by atoms with E-state index in [1.54, 1.807) is 10.8 Å². The maximum Gasteiger partial charge on any atom is 0.283 e. The van der Waals surface area contributed by atoms with E-state index in [2.05, 4.69) is 21.2 Å². The van der Waals surface area contributed by atoms with Crippen molar-refractivity contribution in [1.29, 1.82) is 0 Å². The number of aryl methyl sites for hydroxylation is 1. The summed E-state index contributed by atoms with van der Waals surface area (Å²) in [5.41, 5.74) is 3.44. The van der Waals surface area contributed by atoms with E-state index in [4.69, 9.17) is 9.40 Å². The molecule has 1 N–H and O–H groups in total. The van der Waals surface area contributed by atoms with Gasteiger partial charge in [-0.3, -0.25) is 14.2 Å². The van der Waals surface area contributed by atoms with Crippen molar-refractivity contribution >= 4 is 55.5 Å². The van der Waals surface area contributed by atoms with Crippen LogP contribution in [0.5, 0.6) is 0 Å². The maximum atomic E-state index is 14.1. The first-order chi connectivity index (χ1) is 18.5. The number of hydrogen-bond acceptors (Lipinski definition) is 5. The van der Waals surface area contributed by atoms with Gasteiger partial charge in [-0.2, -0.15) is 0 Å². The molecule has 0 unspecified atom stereocenters. The molecule has 0 saturated heterocycles. The third-order valence-corrected chi connectivity index (χ3v) is 8.58. The van der Waals surface area contributed by atoms with Crippen LogP contribution in [0.2, 0.25) is 0 Å². The molecule has 1 amide bonds. The fourth-order valence-corrected chi connectivity index (χ4v) is 6.51. The second kappa shape index (κ2) is 10.5. The minimum Gasteiger partial charge on any atom is -0.464 e. The van der Waals surface area contributed by atoms with Crippen molar-refractivity contribution in [2.24, 2.45) is 7.05 Å². The largest absolute Gasteiger partial charge is 0.464 e. The monoisotopic (exact) mass is 590 g/mol. The number of furan rings is 1. The highest BCUT2D eigenvalue weighted by atomic mass is 79.9. The van der Waals surface area contributed by atoms with Crippen molar-refractivity contribution in [1.82, 2.24) is 19.4 Å². The molecule has 194 valence electrons. The molecule has 3 aromatic heterocycles. The van der Waals surface area contributed by atoms with E-state index in [1.807, 2.05) is 66.2 Å². The van der Waals surface area contributed by atoms with Gasteiger partial charge in [0, 0.05) is 28.5 Å². The number of hydrogen-bond donors (Lipinski definition) is 1. The number of nitrogens with zero attached hydrogens (tertiary/aromatic N) is 3. The van der Waals surface area contributed by atoms with Gasteiger partial charge in [-0.25, -0.2) is 4.98 Å². The van der Waals surface area contributed by atoms with Crippen LogP contribution in [0.25, 0.3) is 38.9 Å². The molecule has 0 bridgehead atoms. The second-order valence-corrected chi connectivity index (χ2v) is 11.5. The molecule has 7 nitrogen and oxygen atoms in total. The van der Waals surface area contributed by atoms with E-state index in [-0.39, 0.29) is 23.3 Å². The first-order valence-corrected chi connectivity index (χ1v) is 14.5. The molecule has 6 rings (SSSR count). The van der Waals surface area contributed by atoms with E-state index in [0.717, 1.165) is 52.4 Å². The predicted octanol–water partition coefficient (Wildman–Crippen LogP) is 6.44. The molecule has 0 radical (unpaired) electrons. The van der Waals surface area contributed by atoms with Crippen molar-refractivity contribution in [3.8, 4) is 17.0 Å². The van der Waals surface area contributed by atoms with Crippen LogP contribution < -0.4 is 10.9 Å². The number of carbonyl (C=O) groups is 1. The summed E-state index contributed by atoms with van der Waals surface area (Å²) in [6.07, 6.45) is 7.23. The van der Waals surface area contributed by atoms with E-state index in [1.165, 1.54) is 18.2 Å². The summed E-state index contributed by atoms with van der Waals surface area (Å²) < 4.78 is 9.96. The van der Waals surface area contributed by atoms with Crippen molar-refractivity contribution < 1.29 is 9.21 Å². The lowest BCUT2D eigenvalue weighted by Crippen LogP contribution is -2.37. The van der Waals surface area contributed by atoms with Gasteiger partial charge in [0.2, 0.25) is 5.91 Å². The molecule has 1 aliphatic carbocycles. The fraction of sp³-hybridized carbons (Fsp3) is 0.276. The number of carbonyl (C=O) groups excluding carboxylic acids is 1. The Labute approximate surface area is 232 Å². The lowest BCUT2D eigenvalue weighted by molar-refractivity contribution is -0.119. The molecule has 0 atom stereocenters. The van der Waals surface area contributed by atoms with Crippen molar-refractivity contribution in [2.75, 3.05) is 5.75 Å². The molecule has 38 heavy (non-hydrogen) atoms. The van der Waals surface area contributed by atoms with Crippen molar-refractivity contribution in [2.45, 2.75) is 43.3 Å². The Morgan fingerprint density at radius 2 is 1.97 bits per heavy atom. The highest BCUT2D eigenvalue weighted by molar-refractivity contribution is 9.10. The first kappa shape index (κ1) is 25.0. The zero-order chi connectivity index (χ0) is 26.2. The van der Waals surface area contributed by atoms with Gasteiger partial charge in [0.15, 0.2) is 5.16 Å². The summed E-state index contributed by atoms with van der Waals surface area (Å²) in [4.78, 5) is 32.0. The number of aromatic nitrogens is 3. The number of thioether (sulfide) groups is 1. The molecule has 5 aromatic rings. The molecule has 2 aromatic carbocycles. The Morgan fingerprint density at radius 3 is 2.74 bits per heavy atom. The average molecular weight is 592 g/mol. The Kier molecular flexibility index (Phi) is 6.88. The smallest absolute Gasteiger partial charge is 0.283 e. The summed E-state index contributed by atoms with van der Waals surface area (Å²) in [5.74, 6) is 0.903. The number of halogens is 1. The molecule has 1 fully saturated rings. The van der Waals surface area contributed by atoms with Crippen LogP contribution in [-0.4, -0.2) is 31.8 Å². The average Bonchev–Trinajstić information content (AvgIpc) is 3.55. The summed E-state index contributed by atoms with van der Waals surface area (Å²) >= 11 is 4.81. The minimum atomic E-state index is -0.179. The number of nitrogens with one attached hydrogen (secondary N) is 1. The zero-order valence-electron chi connectivity index (χ0n) is 20.9. The van der Waals surface area contributed by atoms with E-state index in [0.29, 0.717) is 21.9 Å². The minimum absolute atomic E-state index is 0.0323. The number of benzene rings is 2. The Bertz CT molecular complexity index is 1700. The number of amides is 1. The van der Waals surface area contributed by atoms with Gasteiger partial charge in [0.1, 0.15) is 16.8 Å². The Balaban J connectivity index is 1.47. The zero-order valence-corrected chi connectivity index (χ0v) is 23.3. The highest BCUT2D eigenvalue weighted by Crippen LogP contribution is 2.32. The van der Waals surface area contributed by atoms with Gasteiger partial charge < -0.3 is 14.3 Å². The van der Waals surface area contributed by atoms with Gasteiger partial charge in [-0.15, -0.1) is 0 Å². The van der Waals surface area contributed by atoms with Crippen LogP contribution in [-0.2, 0) is 11.8 Å². The molecular weight excluding hydrogens is 564 g/mol. The number of rotatable bonds is 6. The van der Waals surface area contributed by atoms with E-state index >= 15 is 0 Å². The second-order valence-electron chi connectivity index (χ2n) is 9.67. The quantitative estimate of drug-likeness (QED) is 0.182. The molecule has 1 saturated carbocycles. The topological polar surface area (TPSA) is 82.1 Å². The molecule has 1 aliphatic rings. The predicted molar refractivity (Wildman–Crippen MR) is 155 cm³/mol. The van der Waals surface area contributed by atoms with Crippen molar-refractivity contribution in [3.05, 3.63) is 75.7 Å². The third-order valence-electron chi connectivity index (χ3n) is 7.15. The third kappa shape index (κ3) is 4.69. The summed E-state index contributed by atoms with van der Waals surface area (Å²) in [7, 11) is 1.88. The molecule has 3 heterocycles. The summed E-state index contributed by atoms with van der Waals surface area (Å²) in [6, 6.07) is 17.5. The van der Waals surface area contributed by atoms with Gasteiger partial charge in [0.25, 0.3) is 5.56 Å². The highest BCUT2D eigenvalue weighted by Gasteiger charge is 2.22. The lowest BCUT2D eigenvalue weighted by atomic mass is 9.95. The molecule has 0 aliphatic heterocycles. The van der Waals surface area contributed by atoms with Crippen LogP contribution in [0.3, 0.4) is 0 Å². The summed E-state index contributed by atoms with van der Waals surface area (Å²) in [6.45, 7) is 0. The molecule has 0 spiro atoms. The standard InChI is InChI=1S/C29H27BrN4O3S/c1-33-23-13-12-18(24-11-6-14-37-24)15-22(23)26-27(33)28(36)34(21-10-5-7-19(30)16-21)29(32-26)38-17-25(35)31-20-8-3-2-4-9-20/h5-7,10-16,20H,2-4,8-9,17H2,1H3,(H,31,35). The SMILES string of the molecule is Cn1c2ccc(-c3ccco3)cc2c2nc(SCC(=O)NC3CCCCC3)n(-c3cccc(Br)c3)c(=O)c21. The van der Waals surface area contributed by atoms with Crippen molar-refractivity contribution in [3.63, 3.8) is 0 Å². The van der Waals surface area contributed by atoms with Crippen LogP contribution in [0.1, 0.15) is 32.1 Å². The Hall–Kier alpha value is -3.30. The van der Waals surface area contributed by atoms with Crippen LogP contribution in [0.15, 0.2) is 79.7 Å². The lowest BCUT2D eigenvalue weighted by Gasteiger charge is -2.22. The van der Waals surface area contributed by atoms with Crippen LogP contribution in [0.4, 0.5) is 0 Å². The van der Waals surface area contributed by atoms with Gasteiger partial charge in [-0.05, 0) is 61.4 Å². The Morgan fingerprint density at radius 1 is 1.13 bits per heavy atom. The van der Waals surface area contributed by atoms with E-state index in [9.17, 15) is 9.59 Å².